The van der Waals surface area contributed by atoms with Crippen molar-refractivity contribution < 1.29 is 0 Å². The summed E-state index contributed by atoms with van der Waals surface area (Å²) in [4.78, 5) is 9.55. The monoisotopic (exact) mass is 116 g/mol. The van der Waals surface area contributed by atoms with E-state index >= 15 is 0 Å². The van der Waals surface area contributed by atoms with E-state index in [9.17, 15) is 4.91 Å². The van der Waals surface area contributed by atoms with Crippen LogP contribution in [-0.4, -0.2) is 12.1 Å². The van der Waals surface area contributed by atoms with Gasteiger partial charge >= 0.3 is 0 Å². The van der Waals surface area contributed by atoms with Crippen LogP contribution in [0.2, 0.25) is 0 Å². The summed E-state index contributed by atoms with van der Waals surface area (Å²) in [5, 5.41) is 2.69. The van der Waals surface area contributed by atoms with Gasteiger partial charge in [0.15, 0.2) is 0 Å². The smallest absolute Gasteiger partial charge is 0.0828 e. The van der Waals surface area contributed by atoms with Crippen molar-refractivity contribution in [1.82, 2.24) is 0 Å². The lowest BCUT2D eigenvalue weighted by Gasteiger charge is -2.14. The maximum atomic E-state index is 9.55. The normalized spacial score (nSPS) is 11.4. The van der Waals surface area contributed by atoms with Gasteiger partial charge in [0.1, 0.15) is 0 Å². The highest BCUT2D eigenvalue weighted by Crippen LogP contribution is 2.01. The lowest BCUT2D eigenvalue weighted by atomic mass is 10.0. The molecule has 0 aromatic carbocycles. The van der Waals surface area contributed by atoms with Crippen LogP contribution in [0.4, 0.5) is 0 Å². The zero-order valence-corrected chi connectivity index (χ0v) is 5.35. The van der Waals surface area contributed by atoms with Crippen molar-refractivity contribution in [1.29, 1.82) is 0 Å². The van der Waals surface area contributed by atoms with Crippen LogP contribution in [0.1, 0.15) is 20.3 Å². The van der Waals surface area contributed by atoms with Gasteiger partial charge in [-0.1, -0.05) is 5.18 Å². The fourth-order valence-corrected chi connectivity index (χ4v) is 0.334. The van der Waals surface area contributed by atoms with Crippen molar-refractivity contribution in [2.75, 3.05) is 6.54 Å². The van der Waals surface area contributed by atoms with E-state index in [2.05, 4.69) is 5.18 Å². The average Bonchev–Trinajstić information content (AvgIpc) is 1.59. The van der Waals surface area contributed by atoms with Gasteiger partial charge < -0.3 is 5.73 Å². The summed E-state index contributed by atoms with van der Waals surface area (Å²) in [6.45, 7) is 4.07. The Labute approximate surface area is 49.2 Å². The molecular weight excluding hydrogens is 104 g/mol. The Balaban J connectivity index is 3.24. The van der Waals surface area contributed by atoms with E-state index in [1.807, 2.05) is 13.8 Å². The highest BCUT2D eigenvalue weighted by atomic mass is 16.3. The second kappa shape index (κ2) is 2.77. The molecule has 0 aliphatic carbocycles. The second-order valence-electron chi connectivity index (χ2n) is 2.59. The van der Waals surface area contributed by atoms with Crippen molar-refractivity contribution in [2.45, 2.75) is 25.8 Å². The van der Waals surface area contributed by atoms with Gasteiger partial charge in [-0.2, -0.15) is 4.91 Å². The van der Waals surface area contributed by atoms with E-state index in [4.69, 9.17) is 5.73 Å². The topological polar surface area (TPSA) is 55.4 Å². The first-order valence-corrected chi connectivity index (χ1v) is 2.64. The summed E-state index contributed by atoms with van der Waals surface area (Å²) in [6, 6.07) is 0. The van der Waals surface area contributed by atoms with E-state index in [1.54, 1.807) is 0 Å². The Morgan fingerprint density at radius 3 is 2.25 bits per heavy atom. The molecule has 0 bridgehead atoms. The number of rotatable bonds is 3. The molecule has 0 aliphatic rings. The Kier molecular flexibility index (Phi) is 2.62. The molecule has 8 heavy (non-hydrogen) atoms. The van der Waals surface area contributed by atoms with Gasteiger partial charge in [0.2, 0.25) is 0 Å². The molecule has 48 valence electrons. The fraction of sp³-hybridized carbons (Fsp3) is 1.00. The molecule has 3 nitrogen and oxygen atoms in total. The number of nitroso groups, excluding NO2 is 1. The zero-order valence-electron chi connectivity index (χ0n) is 5.35. The largest absolute Gasteiger partial charge is 0.325 e. The third kappa shape index (κ3) is 5.56. The van der Waals surface area contributed by atoms with Crippen LogP contribution in [0.5, 0.6) is 0 Å². The van der Waals surface area contributed by atoms with E-state index in [0.29, 0.717) is 13.0 Å². The van der Waals surface area contributed by atoms with Gasteiger partial charge in [-0.05, 0) is 20.3 Å². The van der Waals surface area contributed by atoms with Crippen molar-refractivity contribution >= 4 is 0 Å². The number of hydrogen-bond acceptors (Lipinski definition) is 3. The lowest BCUT2D eigenvalue weighted by Crippen LogP contribution is -2.32. The zero-order chi connectivity index (χ0) is 6.62. The predicted molar refractivity (Wildman–Crippen MR) is 33.5 cm³/mol. The third-order valence-corrected chi connectivity index (χ3v) is 0.847. The van der Waals surface area contributed by atoms with Crippen LogP contribution in [0.25, 0.3) is 0 Å². The van der Waals surface area contributed by atoms with Gasteiger partial charge in [-0.15, -0.1) is 0 Å². The molecule has 0 aromatic heterocycles. The molecule has 0 saturated carbocycles. The second-order valence-corrected chi connectivity index (χ2v) is 2.59. The molecule has 0 spiro atoms. The molecule has 0 fully saturated rings. The maximum absolute atomic E-state index is 9.55. The highest BCUT2D eigenvalue weighted by molar-refractivity contribution is 4.71. The van der Waals surface area contributed by atoms with Crippen LogP contribution in [0.15, 0.2) is 5.18 Å². The fourth-order valence-electron chi connectivity index (χ4n) is 0.334. The highest BCUT2D eigenvalue weighted by Gasteiger charge is 2.08. The van der Waals surface area contributed by atoms with Crippen LogP contribution in [0, 0.1) is 4.91 Å². The van der Waals surface area contributed by atoms with E-state index in [0.717, 1.165) is 0 Å². The molecule has 0 rings (SSSR count). The minimum Gasteiger partial charge on any atom is -0.325 e. The van der Waals surface area contributed by atoms with Gasteiger partial charge in [0, 0.05) is 5.54 Å². The summed E-state index contributed by atoms with van der Waals surface area (Å²) < 4.78 is 0. The van der Waals surface area contributed by atoms with Crippen LogP contribution in [-0.2, 0) is 0 Å². The van der Waals surface area contributed by atoms with Crippen molar-refractivity contribution in [2.24, 2.45) is 10.9 Å². The van der Waals surface area contributed by atoms with Crippen molar-refractivity contribution in [3.63, 3.8) is 0 Å². The number of nitrogens with zero attached hydrogens (tertiary/aromatic N) is 1. The van der Waals surface area contributed by atoms with Gasteiger partial charge in [-0.3, -0.25) is 0 Å². The first kappa shape index (κ1) is 7.56. The predicted octanol–water partition coefficient (Wildman–Crippen LogP) is 0.880. The summed E-state index contributed by atoms with van der Waals surface area (Å²) in [6.07, 6.45) is 0.663. The first-order valence-electron chi connectivity index (χ1n) is 2.64. The summed E-state index contributed by atoms with van der Waals surface area (Å²) in [5.74, 6) is 0. The summed E-state index contributed by atoms with van der Waals surface area (Å²) in [5.41, 5.74) is 5.28. The quantitative estimate of drug-likeness (QED) is 0.556. The van der Waals surface area contributed by atoms with Gasteiger partial charge in [0.25, 0.3) is 0 Å². The lowest BCUT2D eigenvalue weighted by molar-refractivity contribution is 0.484. The van der Waals surface area contributed by atoms with Crippen LogP contribution >= 0.6 is 0 Å². The van der Waals surface area contributed by atoms with Crippen LogP contribution in [0.3, 0.4) is 0 Å². The average molecular weight is 116 g/mol. The van der Waals surface area contributed by atoms with E-state index in [1.165, 1.54) is 0 Å². The summed E-state index contributed by atoms with van der Waals surface area (Å²) in [7, 11) is 0. The molecule has 0 aliphatic heterocycles. The Hall–Kier alpha value is -0.440. The third-order valence-electron chi connectivity index (χ3n) is 0.847. The molecule has 0 radical (unpaired) electrons. The minimum absolute atomic E-state index is 0.242. The molecule has 0 amide bonds. The van der Waals surface area contributed by atoms with Gasteiger partial charge in [0.05, 0.1) is 6.54 Å². The Morgan fingerprint density at radius 2 is 2.12 bits per heavy atom. The summed E-state index contributed by atoms with van der Waals surface area (Å²) >= 11 is 0. The molecule has 0 atom stereocenters. The molecule has 2 N–H and O–H groups in total. The Morgan fingerprint density at radius 1 is 1.62 bits per heavy atom. The van der Waals surface area contributed by atoms with Crippen LogP contribution < -0.4 is 5.73 Å². The minimum atomic E-state index is -0.242. The van der Waals surface area contributed by atoms with Gasteiger partial charge in [-0.25, -0.2) is 0 Å². The van der Waals surface area contributed by atoms with E-state index in [-0.39, 0.29) is 5.54 Å². The number of nitrogens with two attached hydrogens (primary N) is 1. The standard InChI is InChI=1S/C5H12N2O/c1-5(2,6)3-4-7-8/h3-4,6H2,1-2H3. The molecule has 3 heteroatoms. The molecule has 0 unspecified atom stereocenters. The molecule has 0 heterocycles. The maximum Gasteiger partial charge on any atom is 0.0828 e. The molecule has 0 aromatic rings. The Bertz CT molecular complexity index is 75.0. The molecular formula is C5H12N2O. The number of hydrogen-bond donors (Lipinski definition) is 1. The molecule has 0 saturated heterocycles. The van der Waals surface area contributed by atoms with E-state index < -0.39 is 0 Å². The van der Waals surface area contributed by atoms with Crippen molar-refractivity contribution in [3.8, 4) is 0 Å². The first-order chi connectivity index (χ1) is 3.56. The van der Waals surface area contributed by atoms with Crippen molar-refractivity contribution in [3.05, 3.63) is 4.91 Å². The SMILES string of the molecule is CC(C)(N)CCN=O.